The van der Waals surface area contributed by atoms with Gasteiger partial charge in [0.1, 0.15) is 54.3 Å². The zero-order valence-corrected chi connectivity index (χ0v) is 17.1. The molecule has 0 radical (unpaired) electrons. The average molecular weight is 479 g/mol. The fourth-order valence-electron chi connectivity index (χ4n) is 5.98. The molecule has 15 nitrogen and oxygen atoms in total. The number of amidine groups is 1. The fraction of sp³-hybridized carbons (Fsp3) is 0.944. The van der Waals surface area contributed by atoms with Crippen molar-refractivity contribution in [2.75, 3.05) is 13.2 Å². The van der Waals surface area contributed by atoms with Crippen LogP contribution in [0, 0.1) is 11.3 Å². The molecule has 14 atom stereocenters. The van der Waals surface area contributed by atoms with Crippen LogP contribution in [-0.4, -0.2) is 133 Å². The summed E-state index contributed by atoms with van der Waals surface area (Å²) in [5.74, 6) is -4.25. The van der Waals surface area contributed by atoms with Crippen molar-refractivity contribution < 1.29 is 64.9 Å². The highest BCUT2D eigenvalue weighted by Crippen LogP contribution is 2.63. The molecule has 0 aromatic carbocycles. The molecular formula is C18H27N2O13-. The molecule has 13 unspecified atom stereocenters. The molecule has 4 saturated heterocycles. The Balaban J connectivity index is 1.45. The number of aliphatic imine (C=N–C) groups is 1. The van der Waals surface area contributed by atoms with E-state index in [1.54, 1.807) is 0 Å². The van der Waals surface area contributed by atoms with Crippen LogP contribution in [0.4, 0.5) is 0 Å². The zero-order chi connectivity index (χ0) is 24.1. The van der Waals surface area contributed by atoms with Crippen LogP contribution < -0.4 is 10.8 Å². The zero-order valence-electron chi connectivity index (χ0n) is 17.1. The summed E-state index contributed by atoms with van der Waals surface area (Å²) in [6.45, 7) is -1.51. The van der Waals surface area contributed by atoms with Gasteiger partial charge in [-0.05, 0) is 0 Å². The van der Waals surface area contributed by atoms with E-state index in [0.29, 0.717) is 0 Å². The summed E-state index contributed by atoms with van der Waals surface area (Å²) < 4.78 is 21.2. The van der Waals surface area contributed by atoms with Crippen LogP contribution in [0.25, 0.3) is 0 Å². The van der Waals surface area contributed by atoms with Crippen LogP contribution >= 0.6 is 0 Å². The van der Waals surface area contributed by atoms with Crippen molar-refractivity contribution in [3.8, 4) is 0 Å². The monoisotopic (exact) mass is 479 g/mol. The van der Waals surface area contributed by atoms with Crippen LogP contribution in [0.5, 0.6) is 0 Å². The normalized spacial score (nSPS) is 59.9. The summed E-state index contributed by atoms with van der Waals surface area (Å²) in [6, 6.07) is 0. The van der Waals surface area contributed by atoms with E-state index in [2.05, 4.69) is 4.99 Å². The number of aliphatic hydroxyl groups is 8. The quantitative estimate of drug-likeness (QED) is 0.181. The van der Waals surface area contributed by atoms with Gasteiger partial charge in [0.15, 0.2) is 12.5 Å². The van der Waals surface area contributed by atoms with Gasteiger partial charge >= 0.3 is 0 Å². The van der Waals surface area contributed by atoms with Crippen LogP contribution in [-0.2, 0) is 18.9 Å². The van der Waals surface area contributed by atoms with Gasteiger partial charge in [-0.3, -0.25) is 0 Å². The molecule has 188 valence electrons. The standard InChI is InChI=1S/C18H27N2O13/c19-5-1-16-6(13(26)20-5)11-17(28,12(10(16)25)33-18(29,32-11)15(16)27)3-30-14-9(24)8(23)7(22)4(2-21)31-14/h4,6-15,21-28H,1-3H2,(H2,19,20)/q-1/t4?,6?,7?,8?,9?,10?,11?,12?,13?,14?,15-,16?,17?,18?/m0/s1. The Labute approximate surface area is 186 Å². The van der Waals surface area contributed by atoms with Crippen molar-refractivity contribution >= 4 is 5.84 Å². The van der Waals surface area contributed by atoms with Crippen molar-refractivity contribution in [3.05, 3.63) is 0 Å². The van der Waals surface area contributed by atoms with Crippen molar-refractivity contribution in [2.45, 2.75) is 79.3 Å². The molecule has 33 heavy (non-hydrogen) atoms. The first-order valence-electron chi connectivity index (χ1n) is 10.5. The third-order valence-corrected chi connectivity index (χ3v) is 7.63. The summed E-state index contributed by atoms with van der Waals surface area (Å²) in [7, 11) is 0. The highest BCUT2D eigenvalue weighted by Gasteiger charge is 2.79. The maximum absolute atomic E-state index is 13.1. The number of nitrogens with two attached hydrogens (primary N) is 1. The lowest BCUT2D eigenvalue weighted by molar-refractivity contribution is -0.715. The van der Waals surface area contributed by atoms with E-state index < -0.39 is 97.5 Å². The van der Waals surface area contributed by atoms with Gasteiger partial charge in [0.05, 0.1) is 25.2 Å². The lowest BCUT2D eigenvalue weighted by Gasteiger charge is -2.75. The van der Waals surface area contributed by atoms with Crippen molar-refractivity contribution in [1.29, 1.82) is 0 Å². The lowest BCUT2D eigenvalue weighted by Crippen LogP contribution is -2.92. The fourth-order valence-corrected chi connectivity index (χ4v) is 5.98. The maximum Gasteiger partial charge on any atom is 0.186 e. The number of rotatable bonds is 4. The van der Waals surface area contributed by atoms with Crippen LogP contribution in [0.1, 0.15) is 6.42 Å². The Hall–Kier alpha value is -1.05. The number of hydrogen-bond acceptors (Lipinski definition) is 15. The Kier molecular flexibility index (Phi) is 5.36. The van der Waals surface area contributed by atoms with Crippen molar-refractivity contribution in [3.63, 3.8) is 0 Å². The molecule has 4 bridgehead atoms. The van der Waals surface area contributed by atoms with Crippen LogP contribution in [0.15, 0.2) is 4.99 Å². The second-order valence-electron chi connectivity index (χ2n) is 9.38. The predicted octanol–water partition coefficient (Wildman–Crippen LogP) is -7.24. The summed E-state index contributed by atoms with van der Waals surface area (Å²) >= 11 is 0. The van der Waals surface area contributed by atoms with E-state index in [9.17, 15) is 46.0 Å². The van der Waals surface area contributed by atoms with Crippen molar-refractivity contribution in [2.24, 2.45) is 22.1 Å². The average Bonchev–Trinajstić information content (AvgIpc) is 2.75. The molecule has 1 saturated carbocycles. The van der Waals surface area contributed by atoms with Crippen molar-refractivity contribution in [1.82, 2.24) is 0 Å². The van der Waals surface area contributed by atoms with Gasteiger partial charge in [-0.2, -0.15) is 0 Å². The predicted molar refractivity (Wildman–Crippen MR) is 97.3 cm³/mol. The first-order valence-corrected chi connectivity index (χ1v) is 10.5. The van der Waals surface area contributed by atoms with E-state index in [1.165, 1.54) is 0 Å². The Morgan fingerprint density at radius 3 is 2.39 bits per heavy atom. The Morgan fingerprint density at radius 2 is 1.73 bits per heavy atom. The smallest absolute Gasteiger partial charge is 0.186 e. The number of nitrogens with zero attached hydrogens (tertiary/aromatic N) is 1. The maximum atomic E-state index is 13.1. The van der Waals surface area contributed by atoms with Gasteiger partial charge in [-0.15, -0.1) is 0 Å². The first-order chi connectivity index (χ1) is 15.4. The third kappa shape index (κ3) is 2.94. The molecular weight excluding hydrogens is 452 g/mol. The summed E-state index contributed by atoms with van der Waals surface area (Å²) in [4.78, 5) is 3.84. The minimum atomic E-state index is -2.86. The van der Waals surface area contributed by atoms with E-state index >= 15 is 0 Å². The van der Waals surface area contributed by atoms with E-state index in [-0.39, 0.29) is 12.3 Å². The van der Waals surface area contributed by atoms with Crippen LogP contribution in [0.2, 0.25) is 0 Å². The second kappa shape index (κ2) is 7.47. The van der Waals surface area contributed by atoms with E-state index in [1.807, 2.05) is 0 Å². The SMILES string of the molecule is NC1=NC(O)C2C3OC4([O-])OC(C(O)C2(C1)[C@@H]4O)C3(O)COC1OC(CO)C(O)C(O)C1O. The molecule has 0 aromatic rings. The Bertz CT molecular complexity index is 831. The highest BCUT2D eigenvalue weighted by molar-refractivity contribution is 5.82. The summed E-state index contributed by atoms with van der Waals surface area (Å²) in [5, 5.41) is 96.3. The molecule has 15 heteroatoms. The molecule has 1 spiro atoms. The Morgan fingerprint density at radius 1 is 1.06 bits per heavy atom. The van der Waals surface area contributed by atoms with E-state index in [0.717, 1.165) is 0 Å². The molecule has 6 aliphatic rings. The summed E-state index contributed by atoms with van der Waals surface area (Å²) in [5.41, 5.74) is 1.75. The molecule has 1 aliphatic carbocycles. The van der Waals surface area contributed by atoms with Gasteiger partial charge in [0.2, 0.25) is 0 Å². The highest BCUT2D eigenvalue weighted by atomic mass is 16.9. The molecule has 10 N–H and O–H groups in total. The van der Waals surface area contributed by atoms with Gasteiger partial charge in [-0.25, -0.2) is 4.99 Å². The molecule has 6 rings (SSSR count). The van der Waals surface area contributed by atoms with Gasteiger partial charge in [0.25, 0.3) is 0 Å². The van der Waals surface area contributed by atoms with Crippen LogP contribution in [0.3, 0.4) is 0 Å². The molecule has 5 fully saturated rings. The van der Waals surface area contributed by atoms with Gasteiger partial charge in [0, 0.05) is 17.8 Å². The first kappa shape index (κ1) is 23.7. The molecule has 0 aromatic heterocycles. The van der Waals surface area contributed by atoms with E-state index in [4.69, 9.17) is 24.7 Å². The minimum Gasteiger partial charge on any atom is -0.805 e. The number of ether oxygens (including phenoxy) is 4. The summed E-state index contributed by atoms with van der Waals surface area (Å²) in [6.07, 6.45) is -16.8. The second-order valence-corrected chi connectivity index (χ2v) is 9.38. The lowest BCUT2D eigenvalue weighted by atomic mass is 9.49. The number of hydrogen-bond donors (Lipinski definition) is 9. The largest absolute Gasteiger partial charge is 0.805 e. The molecule has 5 heterocycles. The third-order valence-electron chi connectivity index (χ3n) is 7.63. The molecule has 5 aliphatic heterocycles. The van der Waals surface area contributed by atoms with Gasteiger partial charge in [-0.1, -0.05) is 0 Å². The number of aliphatic hydroxyl groups excluding tert-OH is 7. The molecule has 0 amide bonds. The topological polar surface area (TPSA) is 260 Å². The van der Waals surface area contributed by atoms with Gasteiger partial charge < -0.3 is 70.6 Å². The minimum absolute atomic E-state index is 0.108.